The highest BCUT2D eigenvalue weighted by Gasteiger charge is 2.12. The van der Waals surface area contributed by atoms with Crippen LogP contribution < -0.4 is 0 Å². The summed E-state index contributed by atoms with van der Waals surface area (Å²) in [6, 6.07) is 2.01. The number of fused-ring (bicyclic) bond motifs is 1. The highest BCUT2D eigenvalue weighted by atomic mass is 15.3. The molecular weight excluding hydrogens is 174 g/mol. The molecule has 0 fully saturated rings. The fraction of sp³-hybridized carbons (Fsp3) is 0.364. The number of pyridine rings is 1. The van der Waals surface area contributed by atoms with E-state index in [-0.39, 0.29) is 0 Å². The number of nitrogens with one attached hydrogen (secondary N) is 1. The van der Waals surface area contributed by atoms with E-state index in [1.54, 1.807) is 0 Å². The second kappa shape index (κ2) is 3.10. The van der Waals surface area contributed by atoms with Gasteiger partial charge in [0.05, 0.1) is 21.1 Å². The topological polar surface area (TPSA) is 28.7 Å². The number of aromatic amines is 1. The Balaban J connectivity index is 2.44. The van der Waals surface area contributed by atoms with Gasteiger partial charge in [-0.2, -0.15) is 0 Å². The van der Waals surface area contributed by atoms with Crippen LogP contribution in [0.2, 0.25) is 0 Å². The Kier molecular flexibility index (Phi) is 2.04. The van der Waals surface area contributed by atoms with Crippen LogP contribution in [-0.2, 0) is 6.54 Å². The maximum atomic E-state index is 4.15. The largest absolute Gasteiger partial charge is 0.361 e. The van der Waals surface area contributed by atoms with E-state index in [4.69, 9.17) is 0 Å². The molecule has 0 aromatic carbocycles. The standard InChI is InChI=1S/C11H16N3/c1-14(2,3)8-9-6-13-11-4-5-12-7-10(9)11/h4-7,13H,8H2,1-3H3/q+1. The van der Waals surface area contributed by atoms with Gasteiger partial charge >= 0.3 is 0 Å². The van der Waals surface area contributed by atoms with E-state index in [1.807, 2.05) is 18.5 Å². The fourth-order valence-corrected chi connectivity index (χ4v) is 1.66. The molecule has 2 aromatic heterocycles. The van der Waals surface area contributed by atoms with Crippen molar-refractivity contribution >= 4 is 10.9 Å². The van der Waals surface area contributed by atoms with E-state index in [1.165, 1.54) is 16.5 Å². The van der Waals surface area contributed by atoms with Crippen LogP contribution in [-0.4, -0.2) is 35.6 Å². The molecule has 0 saturated heterocycles. The van der Waals surface area contributed by atoms with Crippen LogP contribution in [0.5, 0.6) is 0 Å². The second-order valence-corrected chi connectivity index (χ2v) is 4.68. The third-order valence-electron chi connectivity index (χ3n) is 2.21. The monoisotopic (exact) mass is 190 g/mol. The molecule has 2 rings (SSSR count). The van der Waals surface area contributed by atoms with Crippen LogP contribution in [0.15, 0.2) is 24.7 Å². The lowest BCUT2D eigenvalue weighted by Crippen LogP contribution is -2.33. The molecule has 2 heterocycles. The predicted molar refractivity (Wildman–Crippen MR) is 57.8 cm³/mol. The van der Waals surface area contributed by atoms with Crippen molar-refractivity contribution in [1.82, 2.24) is 9.97 Å². The summed E-state index contributed by atoms with van der Waals surface area (Å²) in [6.45, 7) is 1.02. The molecule has 0 unspecified atom stereocenters. The lowest BCUT2D eigenvalue weighted by atomic mass is 10.2. The van der Waals surface area contributed by atoms with Gasteiger partial charge < -0.3 is 9.47 Å². The number of rotatable bonds is 2. The van der Waals surface area contributed by atoms with E-state index >= 15 is 0 Å². The van der Waals surface area contributed by atoms with E-state index in [2.05, 4.69) is 37.3 Å². The fourth-order valence-electron chi connectivity index (χ4n) is 1.66. The molecule has 3 heteroatoms. The molecule has 1 N–H and O–H groups in total. The Morgan fingerprint density at radius 2 is 2.14 bits per heavy atom. The first-order valence-electron chi connectivity index (χ1n) is 4.77. The van der Waals surface area contributed by atoms with Gasteiger partial charge in [0.25, 0.3) is 0 Å². The molecule has 0 aliphatic heterocycles. The van der Waals surface area contributed by atoms with Crippen molar-refractivity contribution in [1.29, 1.82) is 0 Å². The number of quaternary nitrogens is 1. The minimum Gasteiger partial charge on any atom is -0.361 e. The molecule has 3 nitrogen and oxygen atoms in total. The number of hydrogen-bond donors (Lipinski definition) is 1. The van der Waals surface area contributed by atoms with Gasteiger partial charge in [-0.05, 0) is 6.07 Å². The molecule has 0 bridgehead atoms. The third kappa shape index (κ3) is 1.77. The van der Waals surface area contributed by atoms with Gasteiger partial charge in [-0.15, -0.1) is 0 Å². The molecule has 14 heavy (non-hydrogen) atoms. The van der Waals surface area contributed by atoms with Crippen molar-refractivity contribution in [3.8, 4) is 0 Å². The number of H-pyrrole nitrogens is 1. The summed E-state index contributed by atoms with van der Waals surface area (Å²) >= 11 is 0. The molecule has 74 valence electrons. The van der Waals surface area contributed by atoms with Crippen molar-refractivity contribution in [2.75, 3.05) is 21.1 Å². The van der Waals surface area contributed by atoms with Crippen LogP contribution >= 0.6 is 0 Å². The molecule has 0 aliphatic carbocycles. The minimum atomic E-state index is 0.932. The van der Waals surface area contributed by atoms with Gasteiger partial charge in [0.1, 0.15) is 6.54 Å². The summed E-state index contributed by atoms with van der Waals surface area (Å²) in [6.07, 6.45) is 5.82. The number of hydrogen-bond acceptors (Lipinski definition) is 1. The van der Waals surface area contributed by atoms with Gasteiger partial charge in [0.2, 0.25) is 0 Å². The summed E-state index contributed by atoms with van der Waals surface area (Å²) in [5.41, 5.74) is 2.50. The maximum absolute atomic E-state index is 4.15. The number of aromatic nitrogens is 2. The van der Waals surface area contributed by atoms with E-state index in [0.29, 0.717) is 0 Å². The summed E-state index contributed by atoms with van der Waals surface area (Å²) in [5, 5.41) is 1.24. The smallest absolute Gasteiger partial charge is 0.106 e. The average Bonchev–Trinajstić information content (AvgIpc) is 2.47. The lowest BCUT2D eigenvalue weighted by Gasteiger charge is -2.23. The zero-order valence-corrected chi connectivity index (χ0v) is 8.91. The van der Waals surface area contributed by atoms with E-state index in [9.17, 15) is 0 Å². The normalized spacial score (nSPS) is 12.2. The van der Waals surface area contributed by atoms with Gasteiger partial charge in [-0.3, -0.25) is 4.98 Å². The van der Waals surface area contributed by atoms with Gasteiger partial charge in [-0.1, -0.05) is 0 Å². The lowest BCUT2D eigenvalue weighted by molar-refractivity contribution is -0.883. The van der Waals surface area contributed by atoms with Crippen LogP contribution in [0.1, 0.15) is 5.56 Å². The highest BCUT2D eigenvalue weighted by molar-refractivity contribution is 5.81. The summed E-state index contributed by atoms with van der Waals surface area (Å²) in [5.74, 6) is 0. The van der Waals surface area contributed by atoms with Crippen molar-refractivity contribution in [3.63, 3.8) is 0 Å². The average molecular weight is 190 g/mol. The summed E-state index contributed by atoms with van der Waals surface area (Å²) in [7, 11) is 6.57. The second-order valence-electron chi connectivity index (χ2n) is 4.68. The molecular formula is C11H16N3+. The Labute approximate surface area is 84.0 Å². The molecule has 2 aromatic rings. The van der Waals surface area contributed by atoms with Gasteiger partial charge in [0, 0.05) is 35.1 Å². The Bertz CT molecular complexity index is 437. The van der Waals surface area contributed by atoms with Gasteiger partial charge in [0.15, 0.2) is 0 Å². The van der Waals surface area contributed by atoms with E-state index in [0.717, 1.165) is 11.0 Å². The molecule has 0 radical (unpaired) electrons. The molecule has 0 aliphatic rings. The quantitative estimate of drug-likeness (QED) is 0.718. The molecule has 0 atom stereocenters. The van der Waals surface area contributed by atoms with Crippen molar-refractivity contribution < 1.29 is 4.48 Å². The van der Waals surface area contributed by atoms with Crippen molar-refractivity contribution in [3.05, 3.63) is 30.2 Å². The van der Waals surface area contributed by atoms with Crippen molar-refractivity contribution in [2.24, 2.45) is 0 Å². The van der Waals surface area contributed by atoms with E-state index < -0.39 is 0 Å². The third-order valence-corrected chi connectivity index (χ3v) is 2.21. The predicted octanol–water partition coefficient (Wildman–Crippen LogP) is 1.77. The van der Waals surface area contributed by atoms with Crippen molar-refractivity contribution in [2.45, 2.75) is 6.54 Å². The van der Waals surface area contributed by atoms with Gasteiger partial charge in [-0.25, -0.2) is 0 Å². The first-order valence-corrected chi connectivity index (χ1v) is 4.77. The minimum absolute atomic E-state index is 0.932. The van der Waals surface area contributed by atoms with Crippen LogP contribution in [0.25, 0.3) is 10.9 Å². The Hall–Kier alpha value is -1.35. The molecule has 0 amide bonds. The zero-order chi connectivity index (χ0) is 10.2. The molecule has 0 saturated carbocycles. The summed E-state index contributed by atoms with van der Waals surface area (Å²) < 4.78 is 0.932. The first kappa shape index (κ1) is 9.21. The van der Waals surface area contributed by atoms with Crippen LogP contribution in [0, 0.1) is 0 Å². The maximum Gasteiger partial charge on any atom is 0.106 e. The molecule has 0 spiro atoms. The Morgan fingerprint density at radius 1 is 1.36 bits per heavy atom. The number of nitrogens with zero attached hydrogens (tertiary/aromatic N) is 2. The zero-order valence-electron chi connectivity index (χ0n) is 8.91. The SMILES string of the molecule is C[N+](C)(C)Cc1c[nH]c2ccncc12. The Morgan fingerprint density at radius 3 is 2.86 bits per heavy atom. The first-order chi connectivity index (χ1) is 6.56. The van der Waals surface area contributed by atoms with Crippen LogP contribution in [0.4, 0.5) is 0 Å². The summed E-state index contributed by atoms with van der Waals surface area (Å²) in [4.78, 5) is 7.41. The highest BCUT2D eigenvalue weighted by Crippen LogP contribution is 2.18. The van der Waals surface area contributed by atoms with Crippen LogP contribution in [0.3, 0.4) is 0 Å².